The smallest absolute Gasteiger partial charge is 0.252 e. The Labute approximate surface area is 124 Å². The van der Waals surface area contributed by atoms with Crippen molar-refractivity contribution in [1.82, 2.24) is 5.32 Å². The molecule has 3 nitrogen and oxygen atoms in total. The summed E-state index contributed by atoms with van der Waals surface area (Å²) in [6.45, 7) is 6.47. The molecule has 1 aromatic rings. The lowest BCUT2D eigenvalue weighted by atomic mass is 10.0. The highest BCUT2D eigenvalue weighted by atomic mass is 79.9. The van der Waals surface area contributed by atoms with Crippen LogP contribution in [0, 0.1) is 5.92 Å². The summed E-state index contributed by atoms with van der Waals surface area (Å²) in [6.07, 6.45) is 3.34. The Morgan fingerprint density at radius 1 is 1.32 bits per heavy atom. The van der Waals surface area contributed by atoms with Crippen molar-refractivity contribution in [2.45, 2.75) is 46.1 Å². The number of amides is 1. The number of hydrogen-bond acceptors (Lipinski definition) is 2. The first kappa shape index (κ1) is 16.0. The van der Waals surface area contributed by atoms with Crippen molar-refractivity contribution in [1.29, 1.82) is 0 Å². The van der Waals surface area contributed by atoms with Gasteiger partial charge in [-0.15, -0.1) is 0 Å². The monoisotopic (exact) mass is 326 g/mol. The summed E-state index contributed by atoms with van der Waals surface area (Å²) in [6, 6.07) is 5.52. The molecule has 0 aromatic heterocycles. The van der Waals surface area contributed by atoms with Crippen LogP contribution in [0.25, 0.3) is 0 Å². The highest BCUT2D eigenvalue weighted by Crippen LogP contribution is 2.23. The minimum atomic E-state index is -0.0729. The lowest BCUT2D eigenvalue weighted by molar-refractivity contribution is 0.0937. The summed E-state index contributed by atoms with van der Waals surface area (Å²) in [5.74, 6) is 0.641. The molecule has 4 heteroatoms. The molecule has 1 aromatic carbocycles. The SMILES string of the molecule is CC(C)CCCC(C)NC(=O)c1cccc(N)c1Br. The molecular formula is C15H23BrN2O. The molecule has 1 atom stereocenters. The van der Waals surface area contributed by atoms with Crippen molar-refractivity contribution in [2.75, 3.05) is 5.73 Å². The fourth-order valence-electron chi connectivity index (χ4n) is 1.93. The summed E-state index contributed by atoms with van der Waals surface area (Å²) in [5.41, 5.74) is 6.95. The van der Waals surface area contributed by atoms with Gasteiger partial charge < -0.3 is 11.1 Å². The Morgan fingerprint density at radius 2 is 2.00 bits per heavy atom. The number of halogens is 1. The molecule has 0 aliphatic carbocycles. The van der Waals surface area contributed by atoms with Crippen LogP contribution in [0.2, 0.25) is 0 Å². The third-order valence-electron chi connectivity index (χ3n) is 3.07. The Bertz CT molecular complexity index is 432. The molecule has 0 heterocycles. The minimum Gasteiger partial charge on any atom is -0.398 e. The van der Waals surface area contributed by atoms with Crippen molar-refractivity contribution < 1.29 is 4.79 Å². The molecule has 106 valence electrons. The Kier molecular flexibility index (Phi) is 6.35. The van der Waals surface area contributed by atoms with Crippen molar-refractivity contribution in [3.05, 3.63) is 28.2 Å². The van der Waals surface area contributed by atoms with Crippen molar-refractivity contribution in [3.63, 3.8) is 0 Å². The molecule has 1 unspecified atom stereocenters. The number of rotatable bonds is 6. The van der Waals surface area contributed by atoms with Crippen molar-refractivity contribution in [3.8, 4) is 0 Å². The number of hydrogen-bond donors (Lipinski definition) is 2. The number of nitrogens with two attached hydrogens (primary N) is 1. The fraction of sp³-hybridized carbons (Fsp3) is 0.533. The van der Waals surface area contributed by atoms with Crippen molar-refractivity contribution in [2.24, 2.45) is 5.92 Å². The summed E-state index contributed by atoms with van der Waals surface area (Å²) in [4.78, 5) is 12.1. The van der Waals surface area contributed by atoms with Crippen LogP contribution in [-0.4, -0.2) is 11.9 Å². The summed E-state index contributed by atoms with van der Waals surface area (Å²) in [7, 11) is 0. The normalized spacial score (nSPS) is 12.5. The van der Waals surface area contributed by atoms with Gasteiger partial charge in [0.15, 0.2) is 0 Å². The molecule has 19 heavy (non-hydrogen) atoms. The lowest BCUT2D eigenvalue weighted by Crippen LogP contribution is -2.32. The van der Waals surface area contributed by atoms with Gasteiger partial charge in [0.2, 0.25) is 0 Å². The number of nitrogens with one attached hydrogen (secondary N) is 1. The predicted octanol–water partition coefficient (Wildman–Crippen LogP) is 3.98. The number of anilines is 1. The van der Waals surface area contributed by atoms with E-state index in [2.05, 4.69) is 35.1 Å². The summed E-state index contributed by atoms with van der Waals surface area (Å²) >= 11 is 3.36. The molecule has 0 aliphatic rings. The number of benzene rings is 1. The molecule has 1 rings (SSSR count). The van der Waals surface area contributed by atoms with Crippen LogP contribution in [0.4, 0.5) is 5.69 Å². The standard InChI is InChI=1S/C15H23BrN2O/c1-10(2)6-4-7-11(3)18-15(19)12-8-5-9-13(17)14(12)16/h5,8-11H,4,6-7,17H2,1-3H3,(H,18,19). The van der Waals surface area contributed by atoms with E-state index in [-0.39, 0.29) is 11.9 Å². The topological polar surface area (TPSA) is 55.1 Å². The van der Waals surface area contributed by atoms with Gasteiger partial charge in [0.25, 0.3) is 5.91 Å². The first-order chi connectivity index (χ1) is 8.91. The van der Waals surface area contributed by atoms with Gasteiger partial charge in [-0.1, -0.05) is 32.8 Å². The molecule has 0 bridgehead atoms. The maximum absolute atomic E-state index is 12.1. The van der Waals surface area contributed by atoms with Crippen molar-refractivity contribution >= 4 is 27.5 Å². The molecule has 1 amide bonds. The van der Waals surface area contributed by atoms with E-state index in [1.165, 1.54) is 6.42 Å². The molecule has 0 fully saturated rings. The zero-order valence-electron chi connectivity index (χ0n) is 11.9. The maximum Gasteiger partial charge on any atom is 0.252 e. The van der Waals surface area contributed by atoms with Crippen LogP contribution in [0.15, 0.2) is 22.7 Å². The van der Waals surface area contributed by atoms with Crippen LogP contribution < -0.4 is 11.1 Å². The zero-order valence-corrected chi connectivity index (χ0v) is 13.5. The van der Waals surface area contributed by atoms with Gasteiger partial charge in [-0.25, -0.2) is 0 Å². The number of carbonyl (C=O) groups excluding carboxylic acids is 1. The van der Waals surface area contributed by atoms with Gasteiger partial charge in [0, 0.05) is 11.7 Å². The highest BCUT2D eigenvalue weighted by Gasteiger charge is 2.14. The Morgan fingerprint density at radius 3 is 2.63 bits per heavy atom. The number of nitrogen functional groups attached to an aromatic ring is 1. The van der Waals surface area contributed by atoms with E-state index in [0.29, 0.717) is 21.6 Å². The van der Waals surface area contributed by atoms with Gasteiger partial charge in [-0.05, 0) is 47.3 Å². The number of carbonyl (C=O) groups is 1. The summed E-state index contributed by atoms with van der Waals surface area (Å²) < 4.78 is 0.668. The molecule has 0 aliphatic heterocycles. The van der Waals surface area contributed by atoms with Gasteiger partial charge in [0.1, 0.15) is 0 Å². The fourth-order valence-corrected chi connectivity index (χ4v) is 2.38. The second kappa shape index (κ2) is 7.53. The predicted molar refractivity (Wildman–Crippen MR) is 84.2 cm³/mol. The second-order valence-corrected chi connectivity index (χ2v) is 6.20. The molecular weight excluding hydrogens is 304 g/mol. The van der Waals surface area contributed by atoms with Crippen LogP contribution in [0.1, 0.15) is 50.4 Å². The van der Waals surface area contributed by atoms with E-state index in [4.69, 9.17) is 5.73 Å². The van der Waals surface area contributed by atoms with E-state index in [0.717, 1.165) is 12.8 Å². The highest BCUT2D eigenvalue weighted by molar-refractivity contribution is 9.10. The maximum atomic E-state index is 12.1. The summed E-state index contributed by atoms with van der Waals surface area (Å²) in [5, 5.41) is 3.01. The van der Waals surface area contributed by atoms with Gasteiger partial charge in [0.05, 0.1) is 10.0 Å². The quantitative estimate of drug-likeness (QED) is 0.777. The first-order valence-electron chi connectivity index (χ1n) is 6.76. The Balaban J connectivity index is 2.52. The van der Waals surface area contributed by atoms with E-state index >= 15 is 0 Å². The molecule has 0 saturated carbocycles. The zero-order chi connectivity index (χ0) is 14.4. The van der Waals surface area contributed by atoms with E-state index < -0.39 is 0 Å². The van der Waals surface area contributed by atoms with Gasteiger partial charge in [-0.2, -0.15) is 0 Å². The Hall–Kier alpha value is -1.03. The molecule has 0 saturated heterocycles. The largest absolute Gasteiger partial charge is 0.398 e. The average Bonchev–Trinajstić information content (AvgIpc) is 2.31. The van der Waals surface area contributed by atoms with Crippen LogP contribution in [0.5, 0.6) is 0 Å². The second-order valence-electron chi connectivity index (χ2n) is 5.41. The van der Waals surface area contributed by atoms with E-state index in [1.54, 1.807) is 18.2 Å². The third kappa shape index (κ3) is 5.23. The minimum absolute atomic E-state index is 0.0729. The molecule has 3 N–H and O–H groups in total. The lowest BCUT2D eigenvalue weighted by Gasteiger charge is -2.15. The molecule has 0 spiro atoms. The van der Waals surface area contributed by atoms with Crippen LogP contribution in [0.3, 0.4) is 0 Å². The van der Waals surface area contributed by atoms with Gasteiger partial charge in [-0.3, -0.25) is 4.79 Å². The van der Waals surface area contributed by atoms with E-state index in [9.17, 15) is 4.79 Å². The average molecular weight is 327 g/mol. The van der Waals surface area contributed by atoms with Crippen LogP contribution in [-0.2, 0) is 0 Å². The van der Waals surface area contributed by atoms with Crippen LogP contribution >= 0.6 is 15.9 Å². The first-order valence-corrected chi connectivity index (χ1v) is 7.56. The third-order valence-corrected chi connectivity index (χ3v) is 3.95. The van der Waals surface area contributed by atoms with E-state index in [1.807, 2.05) is 6.92 Å². The molecule has 0 radical (unpaired) electrons. The van der Waals surface area contributed by atoms with Gasteiger partial charge >= 0.3 is 0 Å².